The van der Waals surface area contributed by atoms with Crippen LogP contribution in [0.3, 0.4) is 0 Å². The Kier molecular flexibility index (Phi) is 8.25. The molecule has 1 rings (SSSR count). The number of benzene rings is 1. The van der Waals surface area contributed by atoms with Crippen LogP contribution >= 0.6 is 0 Å². The van der Waals surface area contributed by atoms with Crippen LogP contribution in [0, 0.1) is 6.92 Å². The number of rotatable bonds is 10. The van der Waals surface area contributed by atoms with Crippen LogP contribution in [0.4, 0.5) is 0 Å². The van der Waals surface area contributed by atoms with E-state index in [0.29, 0.717) is 6.61 Å². The molecule has 0 bridgehead atoms. The molecule has 0 aromatic heterocycles. The van der Waals surface area contributed by atoms with Gasteiger partial charge in [0.25, 0.3) is 0 Å². The van der Waals surface area contributed by atoms with Crippen LogP contribution in [-0.2, 0) is 9.53 Å². The summed E-state index contributed by atoms with van der Waals surface area (Å²) in [5.41, 5.74) is 2.00. The van der Waals surface area contributed by atoms with Gasteiger partial charge in [-0.05, 0) is 25.0 Å². The normalized spacial score (nSPS) is 11.4. The maximum absolute atomic E-state index is 11.2. The molecule has 0 atom stereocenters. The molecule has 3 heteroatoms. The fourth-order valence-corrected chi connectivity index (χ4v) is 2.04. The fraction of sp³-hybridized carbons (Fsp3) is 0.500. The van der Waals surface area contributed by atoms with E-state index < -0.39 is 5.97 Å². The molecular formula is C18H26O3. The largest absolute Gasteiger partial charge is 0.487 e. The maximum Gasteiger partial charge on any atom is 0.371 e. The van der Waals surface area contributed by atoms with Gasteiger partial charge in [0.1, 0.15) is 0 Å². The minimum absolute atomic E-state index is 0.0208. The van der Waals surface area contributed by atoms with E-state index in [2.05, 4.69) is 6.92 Å². The van der Waals surface area contributed by atoms with Gasteiger partial charge in [-0.1, -0.05) is 68.9 Å². The number of ether oxygens (including phenoxy) is 1. The molecule has 0 aliphatic heterocycles. The summed E-state index contributed by atoms with van der Waals surface area (Å²) in [5, 5.41) is 9.17. The zero-order valence-corrected chi connectivity index (χ0v) is 13.1. The zero-order chi connectivity index (χ0) is 15.5. The van der Waals surface area contributed by atoms with Gasteiger partial charge in [-0.15, -0.1) is 0 Å². The number of unbranched alkanes of at least 4 members (excludes halogenated alkanes) is 5. The first-order chi connectivity index (χ1) is 10.1. The van der Waals surface area contributed by atoms with Crippen LogP contribution < -0.4 is 0 Å². The second-order valence-electron chi connectivity index (χ2n) is 5.34. The van der Waals surface area contributed by atoms with Gasteiger partial charge in [-0.25, -0.2) is 4.79 Å². The lowest BCUT2D eigenvalue weighted by Crippen LogP contribution is -2.06. The van der Waals surface area contributed by atoms with Gasteiger partial charge in [-0.3, -0.25) is 0 Å². The number of hydrogen-bond acceptors (Lipinski definition) is 2. The highest BCUT2D eigenvalue weighted by Gasteiger charge is 2.08. The summed E-state index contributed by atoms with van der Waals surface area (Å²) < 4.78 is 5.41. The van der Waals surface area contributed by atoms with E-state index in [-0.39, 0.29) is 5.76 Å². The summed E-state index contributed by atoms with van der Waals surface area (Å²) in [7, 11) is 0. The molecule has 0 heterocycles. The summed E-state index contributed by atoms with van der Waals surface area (Å²) in [6, 6.07) is 7.71. The van der Waals surface area contributed by atoms with Crippen molar-refractivity contribution in [2.24, 2.45) is 0 Å². The van der Waals surface area contributed by atoms with Crippen molar-refractivity contribution in [2.45, 2.75) is 52.4 Å². The number of aliphatic carboxylic acids is 1. The summed E-state index contributed by atoms with van der Waals surface area (Å²) in [5.74, 6) is -0.992. The monoisotopic (exact) mass is 290 g/mol. The van der Waals surface area contributed by atoms with Gasteiger partial charge in [0.15, 0.2) is 0 Å². The lowest BCUT2D eigenvalue weighted by Gasteiger charge is -2.07. The molecule has 0 saturated heterocycles. The first-order valence-electron chi connectivity index (χ1n) is 7.78. The highest BCUT2D eigenvalue weighted by atomic mass is 16.5. The predicted octanol–water partition coefficient (Wildman–Crippen LogP) is 4.80. The van der Waals surface area contributed by atoms with Crippen LogP contribution in [0.15, 0.2) is 30.0 Å². The molecule has 0 amide bonds. The predicted molar refractivity (Wildman–Crippen MR) is 86.1 cm³/mol. The van der Waals surface area contributed by atoms with E-state index >= 15 is 0 Å². The topological polar surface area (TPSA) is 46.5 Å². The van der Waals surface area contributed by atoms with E-state index in [1.807, 2.05) is 31.2 Å². The highest BCUT2D eigenvalue weighted by Crippen LogP contribution is 2.11. The minimum atomic E-state index is -1.01. The number of aryl methyl sites for hydroxylation is 1. The number of carboxylic acids is 1. The Morgan fingerprint density at radius 3 is 2.33 bits per heavy atom. The van der Waals surface area contributed by atoms with E-state index in [0.717, 1.165) is 24.0 Å². The van der Waals surface area contributed by atoms with Crippen molar-refractivity contribution in [1.82, 2.24) is 0 Å². The van der Waals surface area contributed by atoms with E-state index in [9.17, 15) is 4.79 Å². The van der Waals surface area contributed by atoms with E-state index in [1.54, 1.807) is 6.08 Å². The van der Waals surface area contributed by atoms with Crippen LogP contribution in [-0.4, -0.2) is 17.7 Å². The van der Waals surface area contributed by atoms with Crippen LogP contribution in [0.5, 0.6) is 0 Å². The van der Waals surface area contributed by atoms with Crippen molar-refractivity contribution in [2.75, 3.05) is 6.61 Å². The van der Waals surface area contributed by atoms with Crippen molar-refractivity contribution >= 4 is 12.0 Å². The van der Waals surface area contributed by atoms with Gasteiger partial charge < -0.3 is 9.84 Å². The van der Waals surface area contributed by atoms with Crippen molar-refractivity contribution in [3.05, 3.63) is 41.2 Å². The molecule has 0 spiro atoms. The average Bonchev–Trinajstić information content (AvgIpc) is 2.47. The van der Waals surface area contributed by atoms with Crippen LogP contribution in [0.1, 0.15) is 56.6 Å². The number of carboxylic acid groups (broad SMARTS) is 1. The van der Waals surface area contributed by atoms with Gasteiger partial charge in [0, 0.05) is 0 Å². The third-order valence-corrected chi connectivity index (χ3v) is 3.34. The van der Waals surface area contributed by atoms with Crippen molar-refractivity contribution in [3.8, 4) is 0 Å². The third-order valence-electron chi connectivity index (χ3n) is 3.34. The smallest absolute Gasteiger partial charge is 0.371 e. The number of carbonyl (C=O) groups is 1. The summed E-state index contributed by atoms with van der Waals surface area (Å²) >= 11 is 0. The fourth-order valence-electron chi connectivity index (χ4n) is 2.04. The second-order valence-corrected chi connectivity index (χ2v) is 5.34. The number of hydrogen-bond donors (Lipinski definition) is 1. The van der Waals surface area contributed by atoms with Crippen molar-refractivity contribution in [3.63, 3.8) is 0 Å². The lowest BCUT2D eigenvalue weighted by atomic mass is 10.1. The zero-order valence-electron chi connectivity index (χ0n) is 13.1. The summed E-state index contributed by atoms with van der Waals surface area (Å²) in [4.78, 5) is 11.2. The van der Waals surface area contributed by atoms with Crippen LogP contribution in [0.2, 0.25) is 0 Å². The molecule has 1 N–H and O–H groups in total. The molecule has 0 fully saturated rings. The molecule has 1 aromatic carbocycles. The van der Waals surface area contributed by atoms with Crippen LogP contribution in [0.25, 0.3) is 6.08 Å². The average molecular weight is 290 g/mol. The summed E-state index contributed by atoms with van der Waals surface area (Å²) in [6.07, 6.45) is 8.54. The first kappa shape index (κ1) is 17.3. The molecule has 0 aliphatic rings. The molecule has 0 unspecified atom stereocenters. The standard InChI is InChI=1S/C18H26O3/c1-3-4-5-6-7-8-13-21-17(18(19)20)14-16-11-9-15(2)10-12-16/h9-12,14H,3-8,13H2,1-2H3,(H,19,20). The third kappa shape index (κ3) is 7.54. The molecule has 116 valence electrons. The quantitative estimate of drug-likeness (QED) is 0.382. The SMILES string of the molecule is CCCCCCCCOC(=Cc1ccc(C)cc1)C(=O)O. The minimum Gasteiger partial charge on any atom is -0.487 e. The van der Waals surface area contributed by atoms with E-state index in [1.165, 1.54) is 25.7 Å². The Labute approximate surface area is 127 Å². The Hall–Kier alpha value is -1.77. The van der Waals surface area contributed by atoms with Gasteiger partial charge in [0.05, 0.1) is 6.61 Å². The van der Waals surface area contributed by atoms with Gasteiger partial charge >= 0.3 is 5.97 Å². The molecular weight excluding hydrogens is 264 g/mol. The molecule has 1 aromatic rings. The molecule has 3 nitrogen and oxygen atoms in total. The second kappa shape index (κ2) is 10.0. The molecule has 21 heavy (non-hydrogen) atoms. The maximum atomic E-state index is 11.2. The first-order valence-corrected chi connectivity index (χ1v) is 7.78. The molecule has 0 saturated carbocycles. The van der Waals surface area contributed by atoms with E-state index in [4.69, 9.17) is 9.84 Å². The Bertz CT molecular complexity index is 446. The summed E-state index contributed by atoms with van der Waals surface area (Å²) in [6.45, 7) is 4.66. The van der Waals surface area contributed by atoms with Gasteiger partial charge in [0.2, 0.25) is 5.76 Å². The highest BCUT2D eigenvalue weighted by molar-refractivity contribution is 5.89. The molecule has 0 radical (unpaired) electrons. The van der Waals surface area contributed by atoms with Gasteiger partial charge in [-0.2, -0.15) is 0 Å². The Morgan fingerprint density at radius 1 is 1.10 bits per heavy atom. The Morgan fingerprint density at radius 2 is 1.71 bits per heavy atom. The Balaban J connectivity index is 2.40. The van der Waals surface area contributed by atoms with Crippen molar-refractivity contribution < 1.29 is 14.6 Å². The van der Waals surface area contributed by atoms with Crippen molar-refractivity contribution in [1.29, 1.82) is 0 Å². The molecule has 0 aliphatic carbocycles. The lowest BCUT2D eigenvalue weighted by molar-refractivity contribution is -0.136.